The summed E-state index contributed by atoms with van der Waals surface area (Å²) in [5.74, 6) is 1.57. The maximum absolute atomic E-state index is 11.7. The van der Waals surface area contributed by atoms with Crippen LogP contribution in [0.3, 0.4) is 0 Å². The van der Waals surface area contributed by atoms with Crippen molar-refractivity contribution in [2.45, 2.75) is 58.0 Å². The standard InChI is InChI=1S/C13H22N4O2/c1-8(2)11(14)13(18)15-7-10-16-12(17-19-10)9-5-3-4-6-9/h8-9,11H,3-7,14H2,1-2H3,(H,15,18)/t11-/m0/s1. The third-order valence-corrected chi connectivity index (χ3v) is 3.64. The molecule has 1 heterocycles. The Morgan fingerprint density at radius 3 is 2.79 bits per heavy atom. The monoisotopic (exact) mass is 266 g/mol. The SMILES string of the molecule is CC(C)[C@H](N)C(=O)NCc1nc(C2CCCC2)no1. The van der Waals surface area contributed by atoms with E-state index in [-0.39, 0.29) is 18.4 Å². The van der Waals surface area contributed by atoms with Crippen molar-refractivity contribution in [2.24, 2.45) is 11.7 Å². The summed E-state index contributed by atoms with van der Waals surface area (Å²) in [4.78, 5) is 16.0. The lowest BCUT2D eigenvalue weighted by Gasteiger charge is -2.14. The van der Waals surface area contributed by atoms with E-state index >= 15 is 0 Å². The minimum Gasteiger partial charge on any atom is -0.346 e. The molecule has 1 amide bonds. The normalized spacial score (nSPS) is 17.9. The van der Waals surface area contributed by atoms with Crippen LogP contribution >= 0.6 is 0 Å². The highest BCUT2D eigenvalue weighted by Gasteiger charge is 2.23. The van der Waals surface area contributed by atoms with Gasteiger partial charge in [-0.15, -0.1) is 0 Å². The second kappa shape index (κ2) is 6.14. The summed E-state index contributed by atoms with van der Waals surface area (Å²) in [5, 5.41) is 6.71. The van der Waals surface area contributed by atoms with Gasteiger partial charge in [0.05, 0.1) is 12.6 Å². The van der Waals surface area contributed by atoms with Gasteiger partial charge in [-0.3, -0.25) is 4.79 Å². The van der Waals surface area contributed by atoms with Crippen molar-refractivity contribution in [1.29, 1.82) is 0 Å². The summed E-state index contributed by atoms with van der Waals surface area (Å²) in [5.41, 5.74) is 5.75. The van der Waals surface area contributed by atoms with Crippen LogP contribution < -0.4 is 11.1 Å². The summed E-state index contributed by atoms with van der Waals surface area (Å²) in [6.07, 6.45) is 4.72. The van der Waals surface area contributed by atoms with E-state index in [9.17, 15) is 4.79 Å². The molecule has 0 spiro atoms. The zero-order valence-electron chi connectivity index (χ0n) is 11.6. The van der Waals surface area contributed by atoms with Crippen molar-refractivity contribution in [3.05, 3.63) is 11.7 Å². The molecule has 0 saturated heterocycles. The summed E-state index contributed by atoms with van der Waals surface area (Å²) >= 11 is 0. The van der Waals surface area contributed by atoms with Crippen LogP contribution in [0.25, 0.3) is 0 Å². The number of carbonyl (C=O) groups is 1. The maximum Gasteiger partial charge on any atom is 0.246 e. The van der Waals surface area contributed by atoms with Crippen molar-refractivity contribution in [3.63, 3.8) is 0 Å². The molecular formula is C13H22N4O2. The molecule has 19 heavy (non-hydrogen) atoms. The molecule has 106 valence electrons. The van der Waals surface area contributed by atoms with Crippen molar-refractivity contribution in [2.75, 3.05) is 0 Å². The average Bonchev–Trinajstić information content (AvgIpc) is 3.04. The van der Waals surface area contributed by atoms with Gasteiger partial charge in [-0.2, -0.15) is 4.98 Å². The molecule has 0 aliphatic heterocycles. The predicted molar refractivity (Wildman–Crippen MR) is 70.2 cm³/mol. The van der Waals surface area contributed by atoms with Crippen LogP contribution in [0.4, 0.5) is 0 Å². The molecule has 0 aromatic carbocycles. The molecule has 1 atom stereocenters. The number of nitrogens with zero attached hydrogens (tertiary/aromatic N) is 2. The number of nitrogens with two attached hydrogens (primary N) is 1. The zero-order chi connectivity index (χ0) is 13.8. The minimum atomic E-state index is -0.503. The molecule has 1 aliphatic rings. The van der Waals surface area contributed by atoms with Crippen LogP contribution in [0, 0.1) is 5.92 Å². The lowest BCUT2D eigenvalue weighted by molar-refractivity contribution is -0.123. The van der Waals surface area contributed by atoms with Gasteiger partial charge in [-0.25, -0.2) is 0 Å². The fourth-order valence-electron chi connectivity index (χ4n) is 2.27. The molecule has 2 rings (SSSR count). The van der Waals surface area contributed by atoms with Crippen molar-refractivity contribution >= 4 is 5.91 Å². The molecule has 6 heteroatoms. The topological polar surface area (TPSA) is 94.0 Å². The molecule has 1 saturated carbocycles. The highest BCUT2D eigenvalue weighted by Crippen LogP contribution is 2.32. The zero-order valence-corrected chi connectivity index (χ0v) is 11.6. The van der Waals surface area contributed by atoms with Crippen LogP contribution in [0.15, 0.2) is 4.52 Å². The van der Waals surface area contributed by atoms with Gasteiger partial charge in [-0.1, -0.05) is 31.8 Å². The number of hydrogen-bond acceptors (Lipinski definition) is 5. The van der Waals surface area contributed by atoms with Gasteiger partial charge in [0.25, 0.3) is 0 Å². The van der Waals surface area contributed by atoms with Crippen molar-refractivity contribution < 1.29 is 9.32 Å². The second-order valence-corrected chi connectivity index (χ2v) is 5.52. The number of aromatic nitrogens is 2. The molecule has 1 aliphatic carbocycles. The van der Waals surface area contributed by atoms with E-state index in [0.29, 0.717) is 11.8 Å². The van der Waals surface area contributed by atoms with Gasteiger partial charge < -0.3 is 15.6 Å². The third-order valence-electron chi connectivity index (χ3n) is 3.64. The van der Waals surface area contributed by atoms with Crippen molar-refractivity contribution in [1.82, 2.24) is 15.5 Å². The van der Waals surface area contributed by atoms with Crippen LogP contribution in [0.2, 0.25) is 0 Å². The quantitative estimate of drug-likeness (QED) is 0.838. The Kier molecular flexibility index (Phi) is 4.52. The van der Waals surface area contributed by atoms with E-state index in [0.717, 1.165) is 18.7 Å². The maximum atomic E-state index is 11.7. The van der Waals surface area contributed by atoms with Crippen molar-refractivity contribution in [3.8, 4) is 0 Å². The third kappa shape index (κ3) is 3.53. The van der Waals surface area contributed by atoms with Crippen LogP contribution in [-0.2, 0) is 11.3 Å². The van der Waals surface area contributed by atoms with E-state index in [4.69, 9.17) is 10.3 Å². The van der Waals surface area contributed by atoms with E-state index in [1.165, 1.54) is 12.8 Å². The Hall–Kier alpha value is -1.43. The number of hydrogen-bond donors (Lipinski definition) is 2. The van der Waals surface area contributed by atoms with Gasteiger partial charge in [0.1, 0.15) is 0 Å². The van der Waals surface area contributed by atoms with Gasteiger partial charge in [0, 0.05) is 5.92 Å². The average molecular weight is 266 g/mol. The predicted octanol–water partition coefficient (Wildman–Crippen LogP) is 1.33. The Labute approximate surface area is 113 Å². The van der Waals surface area contributed by atoms with E-state index in [1.54, 1.807) is 0 Å². The Morgan fingerprint density at radius 2 is 2.16 bits per heavy atom. The molecule has 0 unspecified atom stereocenters. The summed E-state index contributed by atoms with van der Waals surface area (Å²) in [6.45, 7) is 4.07. The molecule has 1 aromatic heterocycles. The second-order valence-electron chi connectivity index (χ2n) is 5.52. The lowest BCUT2D eigenvalue weighted by atomic mass is 10.1. The first-order chi connectivity index (χ1) is 9.08. The molecule has 0 bridgehead atoms. The molecule has 6 nitrogen and oxygen atoms in total. The molecule has 0 radical (unpaired) electrons. The first kappa shape index (κ1) is 14.0. The number of nitrogens with one attached hydrogen (secondary N) is 1. The first-order valence-corrected chi connectivity index (χ1v) is 6.93. The Bertz CT molecular complexity index is 424. The summed E-state index contributed by atoms with van der Waals surface area (Å²) in [7, 11) is 0. The molecular weight excluding hydrogens is 244 g/mol. The van der Waals surface area contributed by atoms with Gasteiger partial charge in [0.2, 0.25) is 11.8 Å². The van der Waals surface area contributed by atoms with Crippen LogP contribution in [-0.4, -0.2) is 22.1 Å². The summed E-state index contributed by atoms with van der Waals surface area (Å²) in [6, 6.07) is -0.503. The smallest absolute Gasteiger partial charge is 0.246 e. The highest BCUT2D eigenvalue weighted by molar-refractivity contribution is 5.81. The fourth-order valence-corrected chi connectivity index (χ4v) is 2.27. The molecule has 3 N–H and O–H groups in total. The van der Waals surface area contributed by atoms with Gasteiger partial charge >= 0.3 is 0 Å². The minimum absolute atomic E-state index is 0.108. The number of amides is 1. The number of carbonyl (C=O) groups excluding carboxylic acids is 1. The van der Waals surface area contributed by atoms with Crippen LogP contribution in [0.1, 0.15) is 57.2 Å². The lowest BCUT2D eigenvalue weighted by Crippen LogP contribution is -2.43. The van der Waals surface area contributed by atoms with E-state index in [2.05, 4.69) is 15.5 Å². The van der Waals surface area contributed by atoms with Gasteiger partial charge in [-0.05, 0) is 18.8 Å². The first-order valence-electron chi connectivity index (χ1n) is 6.93. The summed E-state index contributed by atoms with van der Waals surface area (Å²) < 4.78 is 5.15. The highest BCUT2D eigenvalue weighted by atomic mass is 16.5. The molecule has 1 fully saturated rings. The van der Waals surface area contributed by atoms with E-state index in [1.807, 2.05) is 13.8 Å². The molecule has 1 aromatic rings. The number of rotatable bonds is 5. The van der Waals surface area contributed by atoms with E-state index < -0.39 is 6.04 Å². The Balaban J connectivity index is 1.85. The largest absolute Gasteiger partial charge is 0.346 e. The fraction of sp³-hybridized carbons (Fsp3) is 0.769. The Morgan fingerprint density at radius 1 is 1.47 bits per heavy atom. The van der Waals surface area contributed by atoms with Gasteiger partial charge in [0.15, 0.2) is 5.82 Å². The van der Waals surface area contributed by atoms with Crippen LogP contribution in [0.5, 0.6) is 0 Å².